The lowest BCUT2D eigenvalue weighted by molar-refractivity contribution is -0.0864. The van der Waals surface area contributed by atoms with Crippen molar-refractivity contribution >= 4 is 40.2 Å². The van der Waals surface area contributed by atoms with E-state index in [4.69, 9.17) is 4.74 Å². The minimum atomic E-state index is -2.80. The van der Waals surface area contributed by atoms with Gasteiger partial charge < -0.3 is 30.3 Å². The number of alkyl halides is 2. The molecule has 39 heavy (non-hydrogen) atoms. The molecule has 3 N–H and O–H groups in total. The molecule has 210 valence electrons. The molecular formula is C27H31F3N4O4S. The number of halogens is 3. The predicted molar refractivity (Wildman–Crippen MR) is 146 cm³/mol. The first-order chi connectivity index (χ1) is 18.6. The number of amides is 1. The maximum Gasteiger partial charge on any atom is 0.288 e. The Hall–Kier alpha value is -3.22. The van der Waals surface area contributed by atoms with Crippen LogP contribution in [0.2, 0.25) is 0 Å². The van der Waals surface area contributed by atoms with E-state index in [1.807, 2.05) is 0 Å². The van der Waals surface area contributed by atoms with Gasteiger partial charge in [-0.3, -0.25) is 9.59 Å². The van der Waals surface area contributed by atoms with Gasteiger partial charge in [0.15, 0.2) is 0 Å². The van der Waals surface area contributed by atoms with Crippen molar-refractivity contribution in [3.05, 3.63) is 64.1 Å². The number of aliphatic hydroxyl groups excluding tert-OH is 1. The number of hydrogen-bond acceptors (Lipinski definition) is 7. The van der Waals surface area contributed by atoms with E-state index in [0.717, 1.165) is 38.2 Å². The quantitative estimate of drug-likeness (QED) is 0.415. The first-order valence-electron chi connectivity index (χ1n) is 12.8. The predicted octanol–water partition coefficient (Wildman–Crippen LogP) is 4.00. The minimum absolute atomic E-state index is 0.00353. The van der Waals surface area contributed by atoms with Crippen molar-refractivity contribution in [1.29, 1.82) is 0 Å². The van der Waals surface area contributed by atoms with Crippen LogP contribution in [0.1, 0.15) is 42.5 Å². The van der Waals surface area contributed by atoms with Crippen molar-refractivity contribution in [2.45, 2.75) is 57.1 Å². The average molecular weight is 565 g/mol. The number of nitrogens with one attached hydrogen (secondary N) is 2. The molecule has 0 bridgehead atoms. The third-order valence-corrected chi connectivity index (χ3v) is 7.34. The van der Waals surface area contributed by atoms with Crippen LogP contribution < -0.4 is 21.0 Å². The smallest absolute Gasteiger partial charge is 0.288 e. The number of benzene rings is 1. The lowest BCUT2D eigenvalue weighted by Gasteiger charge is -2.31. The minimum Gasteiger partial charge on any atom is -0.372 e. The summed E-state index contributed by atoms with van der Waals surface area (Å²) in [5.41, 5.74) is 0.218. The first kappa shape index (κ1) is 28.8. The third kappa shape index (κ3) is 7.06. The molecule has 4 rings (SSSR count). The summed E-state index contributed by atoms with van der Waals surface area (Å²) >= 11 is 4.54. The molecule has 8 nitrogen and oxygen atoms in total. The fraction of sp³-hybridized carbons (Fsp3) is 0.444. The zero-order chi connectivity index (χ0) is 28.1. The van der Waals surface area contributed by atoms with Crippen molar-refractivity contribution in [3.8, 4) is 0 Å². The van der Waals surface area contributed by atoms with E-state index in [1.165, 1.54) is 35.2 Å². The summed E-state index contributed by atoms with van der Waals surface area (Å²) in [6.07, 6.45) is 0.310. The Kier molecular flexibility index (Phi) is 9.41. The molecule has 2 fully saturated rings. The third-order valence-electron chi connectivity index (χ3n) is 7.02. The van der Waals surface area contributed by atoms with Crippen LogP contribution in [-0.2, 0) is 4.74 Å². The average Bonchev–Trinajstić information content (AvgIpc) is 3.20. The second-order valence-corrected chi connectivity index (χ2v) is 10.1. The Morgan fingerprint density at radius 3 is 2.62 bits per heavy atom. The zero-order valence-corrected chi connectivity index (χ0v) is 22.2. The molecule has 1 aliphatic heterocycles. The SMILES string of the molecule is CN(C(=O)c1cccc(=O)c(Nc2ccc(N3C[C@H](CNC(=S)C(F)F)OC3O)cc2F)c1)C1CCCCC1. The van der Waals surface area contributed by atoms with Gasteiger partial charge in [-0.2, -0.15) is 0 Å². The van der Waals surface area contributed by atoms with E-state index in [9.17, 15) is 23.5 Å². The molecule has 1 unspecified atom stereocenters. The number of ether oxygens (including phenoxy) is 1. The molecule has 1 saturated heterocycles. The van der Waals surface area contributed by atoms with Gasteiger partial charge in [-0.05, 0) is 49.2 Å². The summed E-state index contributed by atoms with van der Waals surface area (Å²) in [7, 11) is 1.76. The lowest BCUT2D eigenvalue weighted by Crippen LogP contribution is -2.38. The fourth-order valence-corrected chi connectivity index (χ4v) is 4.92. The summed E-state index contributed by atoms with van der Waals surface area (Å²) in [6, 6.07) is 10.0. The maximum absolute atomic E-state index is 15.1. The Balaban J connectivity index is 1.47. The number of carbonyl (C=O) groups is 1. The van der Waals surface area contributed by atoms with Crippen LogP contribution in [-0.4, -0.2) is 66.0 Å². The Morgan fingerprint density at radius 2 is 1.92 bits per heavy atom. The standard InChI is InChI=1S/C27H31F3N4O4S/c1-33(17-7-3-2-4-8-17)26(36)16-6-5-9-23(35)22(12-16)32-21-11-10-18(13-20(21)28)34-15-19(38-27(34)37)14-31-25(39)24(29)30/h5-6,9-13,17,19,24,27,37H,2-4,7-8,14-15H2,1H3,(H,31,39)(H,32,35)/t19-,27?/m0/s1. The molecular weight excluding hydrogens is 533 g/mol. The number of carbonyl (C=O) groups excluding carboxylic acids is 1. The van der Waals surface area contributed by atoms with Crippen LogP contribution in [0.25, 0.3) is 0 Å². The highest BCUT2D eigenvalue weighted by Gasteiger charge is 2.32. The van der Waals surface area contributed by atoms with Crippen molar-refractivity contribution < 1.29 is 27.8 Å². The highest BCUT2D eigenvalue weighted by molar-refractivity contribution is 7.80. The van der Waals surface area contributed by atoms with Crippen molar-refractivity contribution in [2.24, 2.45) is 0 Å². The maximum atomic E-state index is 15.1. The van der Waals surface area contributed by atoms with Crippen molar-refractivity contribution in [3.63, 3.8) is 0 Å². The molecule has 2 aromatic rings. The number of anilines is 3. The molecule has 2 aromatic carbocycles. The normalized spacial score (nSPS) is 19.7. The van der Waals surface area contributed by atoms with Crippen LogP contribution in [0, 0.1) is 5.82 Å². The van der Waals surface area contributed by atoms with Crippen LogP contribution >= 0.6 is 12.2 Å². The topological polar surface area (TPSA) is 94.1 Å². The summed E-state index contributed by atoms with van der Waals surface area (Å²) < 4.78 is 45.6. The number of nitrogens with zero attached hydrogens (tertiary/aromatic N) is 2. The number of aliphatic hydroxyl groups is 1. The molecule has 1 aliphatic carbocycles. The van der Waals surface area contributed by atoms with E-state index >= 15 is 4.39 Å². The molecule has 1 saturated carbocycles. The van der Waals surface area contributed by atoms with E-state index in [1.54, 1.807) is 18.0 Å². The molecule has 2 atom stereocenters. The van der Waals surface area contributed by atoms with Crippen molar-refractivity contribution in [2.75, 3.05) is 30.4 Å². The summed E-state index contributed by atoms with van der Waals surface area (Å²) in [5, 5.41) is 15.4. The summed E-state index contributed by atoms with van der Waals surface area (Å²) in [4.78, 5) is 28.3. The van der Waals surface area contributed by atoms with Gasteiger partial charge in [0.05, 0.1) is 24.0 Å². The van der Waals surface area contributed by atoms with Gasteiger partial charge in [0.2, 0.25) is 11.8 Å². The largest absolute Gasteiger partial charge is 0.372 e. The van der Waals surface area contributed by atoms with E-state index < -0.39 is 35.2 Å². The number of thiocarbonyl (C=S) groups is 1. The van der Waals surface area contributed by atoms with Gasteiger partial charge >= 0.3 is 0 Å². The van der Waals surface area contributed by atoms with E-state index in [-0.39, 0.29) is 42.1 Å². The second-order valence-electron chi connectivity index (χ2n) is 9.68. The zero-order valence-electron chi connectivity index (χ0n) is 21.4. The first-order valence-corrected chi connectivity index (χ1v) is 13.2. The molecule has 0 aromatic heterocycles. The van der Waals surface area contributed by atoms with Gasteiger partial charge in [-0.1, -0.05) is 37.5 Å². The Labute approximate surface area is 229 Å². The van der Waals surface area contributed by atoms with Gasteiger partial charge in [-0.15, -0.1) is 0 Å². The molecule has 0 spiro atoms. The molecule has 2 aliphatic rings. The van der Waals surface area contributed by atoms with Gasteiger partial charge in [-0.25, -0.2) is 13.2 Å². The Morgan fingerprint density at radius 1 is 1.18 bits per heavy atom. The van der Waals surface area contributed by atoms with Gasteiger partial charge in [0, 0.05) is 30.9 Å². The summed E-state index contributed by atoms with van der Waals surface area (Å²) in [6.45, 7) is 0.0542. The fourth-order valence-electron chi connectivity index (χ4n) is 4.84. The Bertz CT molecular complexity index is 1260. The summed E-state index contributed by atoms with van der Waals surface area (Å²) in [5.74, 6) is -0.920. The van der Waals surface area contributed by atoms with Crippen LogP contribution in [0.4, 0.5) is 30.2 Å². The molecule has 1 amide bonds. The number of hydrogen-bond donors (Lipinski definition) is 3. The molecule has 12 heteroatoms. The van der Waals surface area contributed by atoms with Crippen molar-refractivity contribution in [1.82, 2.24) is 10.2 Å². The van der Waals surface area contributed by atoms with Crippen LogP contribution in [0.5, 0.6) is 0 Å². The monoisotopic (exact) mass is 564 g/mol. The van der Waals surface area contributed by atoms with E-state index in [0.29, 0.717) is 5.56 Å². The van der Waals surface area contributed by atoms with Crippen LogP contribution in [0.3, 0.4) is 0 Å². The lowest BCUT2D eigenvalue weighted by atomic mass is 9.94. The molecule has 0 radical (unpaired) electrons. The highest BCUT2D eigenvalue weighted by Crippen LogP contribution is 2.29. The second kappa shape index (κ2) is 12.8. The van der Waals surface area contributed by atoms with Gasteiger partial charge in [0.1, 0.15) is 10.8 Å². The number of rotatable bonds is 8. The molecule has 1 heterocycles. The van der Waals surface area contributed by atoms with Gasteiger partial charge in [0.25, 0.3) is 12.3 Å². The highest BCUT2D eigenvalue weighted by atomic mass is 32.1. The van der Waals surface area contributed by atoms with Crippen LogP contribution in [0.15, 0.2) is 47.3 Å². The van der Waals surface area contributed by atoms with E-state index in [2.05, 4.69) is 22.9 Å².